The summed E-state index contributed by atoms with van der Waals surface area (Å²) in [5.74, 6) is 0.311. The Hall–Kier alpha value is -2.28. The fourth-order valence-electron chi connectivity index (χ4n) is 2.24. The molecule has 0 aliphatic carbocycles. The summed E-state index contributed by atoms with van der Waals surface area (Å²) in [5.41, 5.74) is 3.69. The Labute approximate surface area is 106 Å². The van der Waals surface area contributed by atoms with Crippen LogP contribution in [0.3, 0.4) is 0 Å². The standard InChI is InChI=1S/C17H14O/c1-12-3-2-4-13(9-12)14-5-6-16-11-17(18)8-7-15(16)10-14/h2-11,18H,1H3. The lowest BCUT2D eigenvalue weighted by molar-refractivity contribution is 0.476. The number of aryl methyl sites for hydroxylation is 1. The summed E-state index contributed by atoms with van der Waals surface area (Å²) >= 11 is 0. The molecule has 0 spiro atoms. The van der Waals surface area contributed by atoms with Gasteiger partial charge in [-0.15, -0.1) is 0 Å². The molecule has 88 valence electrons. The zero-order valence-corrected chi connectivity index (χ0v) is 10.2. The van der Waals surface area contributed by atoms with Crippen molar-refractivity contribution in [3.05, 3.63) is 66.2 Å². The minimum absolute atomic E-state index is 0.311. The zero-order chi connectivity index (χ0) is 12.5. The van der Waals surface area contributed by atoms with Crippen molar-refractivity contribution < 1.29 is 5.11 Å². The molecule has 0 saturated carbocycles. The summed E-state index contributed by atoms with van der Waals surface area (Å²) in [4.78, 5) is 0. The third kappa shape index (κ3) is 1.95. The van der Waals surface area contributed by atoms with Gasteiger partial charge in [0.15, 0.2) is 0 Å². The van der Waals surface area contributed by atoms with Crippen LogP contribution in [-0.4, -0.2) is 5.11 Å². The van der Waals surface area contributed by atoms with E-state index in [9.17, 15) is 5.11 Å². The first-order chi connectivity index (χ1) is 8.72. The summed E-state index contributed by atoms with van der Waals surface area (Å²) in [7, 11) is 0. The molecule has 0 bridgehead atoms. The highest BCUT2D eigenvalue weighted by Gasteiger charge is 2.00. The Bertz CT molecular complexity index is 714. The van der Waals surface area contributed by atoms with Crippen molar-refractivity contribution >= 4 is 10.8 Å². The van der Waals surface area contributed by atoms with Gasteiger partial charge in [-0.2, -0.15) is 0 Å². The second-order valence-corrected chi connectivity index (χ2v) is 4.62. The molecule has 1 heteroatoms. The third-order valence-corrected chi connectivity index (χ3v) is 3.18. The predicted octanol–water partition coefficient (Wildman–Crippen LogP) is 4.52. The average molecular weight is 234 g/mol. The van der Waals surface area contributed by atoms with Gasteiger partial charge in [0.25, 0.3) is 0 Å². The van der Waals surface area contributed by atoms with E-state index in [4.69, 9.17) is 0 Å². The number of benzene rings is 3. The number of aromatic hydroxyl groups is 1. The van der Waals surface area contributed by atoms with Gasteiger partial charge in [0, 0.05) is 0 Å². The fourth-order valence-corrected chi connectivity index (χ4v) is 2.24. The molecule has 0 aliphatic rings. The van der Waals surface area contributed by atoms with Crippen LogP contribution in [0.15, 0.2) is 60.7 Å². The summed E-state index contributed by atoms with van der Waals surface area (Å²) in [5, 5.41) is 11.7. The van der Waals surface area contributed by atoms with Gasteiger partial charge in [-0.3, -0.25) is 0 Å². The van der Waals surface area contributed by atoms with Gasteiger partial charge in [-0.25, -0.2) is 0 Å². The predicted molar refractivity (Wildman–Crippen MR) is 75.8 cm³/mol. The molecule has 0 fully saturated rings. The Morgan fingerprint density at radius 2 is 1.44 bits per heavy atom. The SMILES string of the molecule is Cc1cccc(-c2ccc3cc(O)ccc3c2)c1. The lowest BCUT2D eigenvalue weighted by Gasteiger charge is -2.05. The maximum absolute atomic E-state index is 9.45. The molecule has 0 atom stereocenters. The number of hydrogen-bond acceptors (Lipinski definition) is 1. The van der Waals surface area contributed by atoms with Crippen molar-refractivity contribution in [3.8, 4) is 16.9 Å². The monoisotopic (exact) mass is 234 g/mol. The van der Waals surface area contributed by atoms with Gasteiger partial charge in [0.05, 0.1) is 0 Å². The highest BCUT2D eigenvalue weighted by atomic mass is 16.3. The Morgan fingerprint density at radius 1 is 0.722 bits per heavy atom. The van der Waals surface area contributed by atoms with E-state index in [-0.39, 0.29) is 0 Å². The van der Waals surface area contributed by atoms with Crippen LogP contribution in [0.2, 0.25) is 0 Å². The van der Waals surface area contributed by atoms with E-state index < -0.39 is 0 Å². The smallest absolute Gasteiger partial charge is 0.116 e. The van der Waals surface area contributed by atoms with Gasteiger partial charge in [-0.05, 0) is 47.0 Å². The summed E-state index contributed by atoms with van der Waals surface area (Å²) in [6, 6.07) is 20.2. The van der Waals surface area contributed by atoms with Gasteiger partial charge in [-0.1, -0.05) is 48.0 Å². The molecule has 0 radical (unpaired) electrons. The van der Waals surface area contributed by atoms with Gasteiger partial charge in [0.2, 0.25) is 0 Å². The highest BCUT2D eigenvalue weighted by Crippen LogP contribution is 2.26. The largest absolute Gasteiger partial charge is 0.508 e. The second-order valence-electron chi connectivity index (χ2n) is 4.62. The lowest BCUT2D eigenvalue weighted by atomic mass is 10.00. The van der Waals surface area contributed by atoms with Crippen molar-refractivity contribution in [1.29, 1.82) is 0 Å². The van der Waals surface area contributed by atoms with Crippen LogP contribution in [0.4, 0.5) is 0 Å². The van der Waals surface area contributed by atoms with Crippen LogP contribution in [0, 0.1) is 6.92 Å². The van der Waals surface area contributed by atoms with Crippen molar-refractivity contribution in [2.24, 2.45) is 0 Å². The molecule has 0 saturated heterocycles. The molecule has 1 nitrogen and oxygen atoms in total. The number of fused-ring (bicyclic) bond motifs is 1. The number of hydrogen-bond donors (Lipinski definition) is 1. The zero-order valence-electron chi connectivity index (χ0n) is 10.2. The van der Waals surface area contributed by atoms with Gasteiger partial charge < -0.3 is 5.11 Å². The molecule has 3 aromatic rings. The molecule has 18 heavy (non-hydrogen) atoms. The first kappa shape index (κ1) is 10.8. The molecule has 0 amide bonds. The summed E-state index contributed by atoms with van der Waals surface area (Å²) < 4.78 is 0. The van der Waals surface area contributed by atoms with Crippen LogP contribution >= 0.6 is 0 Å². The maximum Gasteiger partial charge on any atom is 0.116 e. The first-order valence-electron chi connectivity index (χ1n) is 6.02. The average Bonchev–Trinajstić information content (AvgIpc) is 2.38. The third-order valence-electron chi connectivity index (χ3n) is 3.18. The van der Waals surface area contributed by atoms with Crippen molar-refractivity contribution in [2.75, 3.05) is 0 Å². The number of phenols is 1. The topological polar surface area (TPSA) is 20.2 Å². The Balaban J connectivity index is 2.16. The van der Waals surface area contributed by atoms with E-state index >= 15 is 0 Å². The van der Waals surface area contributed by atoms with Crippen LogP contribution in [-0.2, 0) is 0 Å². The molecular weight excluding hydrogens is 220 g/mol. The van der Waals surface area contributed by atoms with Crippen molar-refractivity contribution in [3.63, 3.8) is 0 Å². The second kappa shape index (κ2) is 4.19. The van der Waals surface area contributed by atoms with E-state index in [0.717, 1.165) is 10.8 Å². The normalized spacial score (nSPS) is 10.7. The highest BCUT2D eigenvalue weighted by molar-refractivity contribution is 5.88. The summed E-state index contributed by atoms with van der Waals surface area (Å²) in [6.07, 6.45) is 0. The fraction of sp³-hybridized carbons (Fsp3) is 0.0588. The van der Waals surface area contributed by atoms with E-state index in [1.807, 2.05) is 12.1 Å². The molecule has 1 N–H and O–H groups in total. The molecule has 0 aliphatic heterocycles. The minimum Gasteiger partial charge on any atom is -0.508 e. The van der Waals surface area contributed by atoms with Gasteiger partial charge >= 0.3 is 0 Å². The molecule has 0 unspecified atom stereocenters. The van der Waals surface area contributed by atoms with E-state index in [1.54, 1.807) is 12.1 Å². The van der Waals surface area contributed by atoms with Crippen LogP contribution < -0.4 is 0 Å². The van der Waals surface area contributed by atoms with Crippen LogP contribution in [0.25, 0.3) is 21.9 Å². The van der Waals surface area contributed by atoms with E-state index in [2.05, 4.69) is 43.3 Å². The Morgan fingerprint density at radius 3 is 2.28 bits per heavy atom. The molecule has 3 aromatic carbocycles. The first-order valence-corrected chi connectivity index (χ1v) is 6.02. The van der Waals surface area contributed by atoms with Gasteiger partial charge in [0.1, 0.15) is 5.75 Å². The quantitative estimate of drug-likeness (QED) is 0.656. The van der Waals surface area contributed by atoms with E-state index in [0.29, 0.717) is 5.75 Å². The lowest BCUT2D eigenvalue weighted by Crippen LogP contribution is -1.80. The number of phenolic OH excluding ortho intramolecular Hbond substituents is 1. The van der Waals surface area contributed by atoms with Crippen LogP contribution in [0.5, 0.6) is 5.75 Å². The van der Waals surface area contributed by atoms with E-state index in [1.165, 1.54) is 16.7 Å². The number of rotatable bonds is 1. The minimum atomic E-state index is 0.311. The molecule has 0 heterocycles. The molecular formula is C17H14O. The molecule has 0 aromatic heterocycles. The molecule has 3 rings (SSSR count). The van der Waals surface area contributed by atoms with Crippen LogP contribution in [0.1, 0.15) is 5.56 Å². The Kier molecular flexibility index (Phi) is 2.52. The summed E-state index contributed by atoms with van der Waals surface area (Å²) in [6.45, 7) is 2.10. The van der Waals surface area contributed by atoms with Crippen molar-refractivity contribution in [2.45, 2.75) is 6.92 Å². The maximum atomic E-state index is 9.45. The van der Waals surface area contributed by atoms with Crippen molar-refractivity contribution in [1.82, 2.24) is 0 Å².